The number of carbonyl (C=O) groups is 1. The van der Waals surface area contributed by atoms with Gasteiger partial charge >= 0.3 is 0 Å². The second-order valence-corrected chi connectivity index (χ2v) is 9.52. The highest BCUT2D eigenvalue weighted by Gasteiger charge is 2.40. The normalized spacial score (nSPS) is 21.3. The maximum Gasteiger partial charge on any atom is 0.185 e. The number of nitrogens with zero attached hydrogens (tertiary/aromatic N) is 5. The van der Waals surface area contributed by atoms with Crippen LogP contribution in [-0.2, 0) is 13.1 Å². The number of hydrogen-bond acceptors (Lipinski definition) is 8. The van der Waals surface area contributed by atoms with Gasteiger partial charge < -0.3 is 10.5 Å². The number of benzene rings is 2. The number of aryl methyl sites for hydroxylation is 1. The van der Waals surface area contributed by atoms with Gasteiger partial charge in [0.2, 0.25) is 0 Å². The summed E-state index contributed by atoms with van der Waals surface area (Å²) < 4.78 is 16.2. The van der Waals surface area contributed by atoms with Crippen molar-refractivity contribution in [2.75, 3.05) is 31.7 Å². The zero-order valence-electron chi connectivity index (χ0n) is 19.8. The lowest BCUT2D eigenvalue weighted by atomic mass is 9.82. The largest absolute Gasteiger partial charge is 0.396 e. The van der Waals surface area contributed by atoms with E-state index in [2.05, 4.69) is 50.1 Å². The Bertz CT molecular complexity index is 1320. The maximum atomic E-state index is 14.5. The summed E-state index contributed by atoms with van der Waals surface area (Å²) in [5.74, 6) is -0.433. The van der Waals surface area contributed by atoms with Gasteiger partial charge in [-0.1, -0.05) is 24.3 Å². The van der Waals surface area contributed by atoms with E-state index in [0.29, 0.717) is 41.3 Å². The average Bonchev–Trinajstić information content (AvgIpc) is 3.25. The lowest BCUT2D eigenvalue weighted by molar-refractivity contribution is 0.0999. The highest BCUT2D eigenvalue weighted by Crippen LogP contribution is 2.41. The van der Waals surface area contributed by atoms with Crippen LogP contribution >= 0.6 is 0 Å². The summed E-state index contributed by atoms with van der Waals surface area (Å²) in [5, 5.41) is 13.8. The average molecular weight is 490 g/mol. The minimum absolute atomic E-state index is 0.0351. The number of aromatic nitrogens is 3. The molecule has 0 amide bonds. The van der Waals surface area contributed by atoms with Gasteiger partial charge in [0.25, 0.3) is 0 Å². The molecule has 0 spiro atoms. The van der Waals surface area contributed by atoms with E-state index in [0.717, 1.165) is 25.2 Å². The van der Waals surface area contributed by atoms with Gasteiger partial charge in [-0.05, 0) is 49.2 Å². The third-order valence-electron chi connectivity index (χ3n) is 7.19. The first-order chi connectivity index (χ1) is 17.6. The van der Waals surface area contributed by atoms with Crippen LogP contribution in [0.3, 0.4) is 0 Å². The van der Waals surface area contributed by atoms with E-state index in [1.807, 2.05) is 0 Å². The number of Topliss-reactive ketones (excluding diaryl/α,β-unsaturated/α-hetero) is 1. The van der Waals surface area contributed by atoms with E-state index in [1.165, 1.54) is 30.4 Å². The summed E-state index contributed by atoms with van der Waals surface area (Å²) in [7, 11) is 0. The standard InChI is InChI=1S/C26H28FN7O2/c27-18-11-19-21(36)13-28-25-22(19)20(12-18)31-32-24(23(25)26-29-15-30-34(26)9-2-10-35)17-5-3-16(4-6-17)14-33-7-1-8-33/h3-6,11-12,15,23-24,31-32,35H,1-2,7-10,13-14H2. The van der Waals surface area contributed by atoms with Gasteiger partial charge in [-0.2, -0.15) is 5.10 Å². The Kier molecular flexibility index (Phi) is 6.08. The second kappa shape index (κ2) is 9.53. The minimum Gasteiger partial charge on any atom is -0.396 e. The summed E-state index contributed by atoms with van der Waals surface area (Å²) >= 11 is 0. The molecule has 4 heterocycles. The lowest BCUT2D eigenvalue weighted by Crippen LogP contribution is -2.36. The molecule has 3 aromatic rings. The first-order valence-corrected chi connectivity index (χ1v) is 12.3. The fraction of sp³-hybridized carbons (Fsp3) is 0.385. The van der Waals surface area contributed by atoms with Crippen molar-refractivity contribution in [1.29, 1.82) is 0 Å². The summed E-state index contributed by atoms with van der Waals surface area (Å²) in [6, 6.07) is 10.8. The van der Waals surface area contributed by atoms with Gasteiger partial charge in [0.15, 0.2) is 5.78 Å². The number of hydrogen-bond donors (Lipinski definition) is 3. The molecular formula is C26H28FN7O2. The number of nitrogens with one attached hydrogen (secondary N) is 2. The van der Waals surface area contributed by atoms with E-state index in [9.17, 15) is 14.3 Å². The smallest absolute Gasteiger partial charge is 0.185 e. The van der Waals surface area contributed by atoms with Crippen molar-refractivity contribution in [2.24, 2.45) is 4.99 Å². The minimum atomic E-state index is -0.482. The number of aliphatic hydroxyl groups excluding tert-OH is 1. The van der Waals surface area contributed by atoms with Crippen molar-refractivity contribution in [1.82, 2.24) is 25.1 Å². The van der Waals surface area contributed by atoms with Crippen molar-refractivity contribution < 1.29 is 14.3 Å². The number of likely N-dealkylation sites (tertiary alicyclic amines) is 1. The number of hydrazine groups is 1. The number of aliphatic imine (C=N–C) groups is 1. The topological polar surface area (TPSA) is 108 Å². The van der Waals surface area contributed by atoms with Crippen LogP contribution in [-0.4, -0.2) is 62.5 Å². The van der Waals surface area contributed by atoms with E-state index >= 15 is 0 Å². The van der Waals surface area contributed by atoms with Gasteiger partial charge in [-0.25, -0.2) is 19.5 Å². The van der Waals surface area contributed by atoms with Crippen molar-refractivity contribution in [3.8, 4) is 0 Å². The molecule has 9 nitrogen and oxygen atoms in total. The summed E-state index contributed by atoms with van der Waals surface area (Å²) in [4.78, 5) is 24.4. The van der Waals surface area contributed by atoms with E-state index in [4.69, 9.17) is 4.99 Å². The van der Waals surface area contributed by atoms with Crippen LogP contribution in [0.15, 0.2) is 47.7 Å². The van der Waals surface area contributed by atoms with Crippen molar-refractivity contribution in [3.63, 3.8) is 0 Å². The highest BCUT2D eigenvalue weighted by molar-refractivity contribution is 6.20. The monoisotopic (exact) mass is 489 g/mol. The molecule has 10 heteroatoms. The molecule has 6 rings (SSSR count). The Morgan fingerprint density at radius 3 is 2.75 bits per heavy atom. The Hall–Kier alpha value is -3.47. The first kappa shape index (κ1) is 23.0. The maximum absolute atomic E-state index is 14.5. The molecule has 0 aliphatic carbocycles. The summed E-state index contributed by atoms with van der Waals surface area (Å²) in [6.07, 6.45) is 3.28. The molecule has 0 radical (unpaired) electrons. The van der Waals surface area contributed by atoms with Gasteiger partial charge in [0.1, 0.15) is 24.5 Å². The molecule has 1 saturated heterocycles. The quantitative estimate of drug-likeness (QED) is 0.468. The van der Waals surface area contributed by atoms with Gasteiger partial charge in [0, 0.05) is 30.8 Å². The molecule has 0 saturated carbocycles. The zero-order valence-corrected chi connectivity index (χ0v) is 19.8. The molecule has 36 heavy (non-hydrogen) atoms. The van der Waals surface area contributed by atoms with E-state index in [-0.39, 0.29) is 25.0 Å². The van der Waals surface area contributed by atoms with E-state index < -0.39 is 11.7 Å². The fourth-order valence-electron chi connectivity index (χ4n) is 5.26. The van der Waals surface area contributed by atoms with Crippen LogP contribution < -0.4 is 10.9 Å². The molecule has 2 unspecified atom stereocenters. The van der Waals surface area contributed by atoms with Crippen LogP contribution in [0.2, 0.25) is 0 Å². The summed E-state index contributed by atoms with van der Waals surface area (Å²) in [6.45, 7) is 3.68. The lowest BCUT2D eigenvalue weighted by Gasteiger charge is -2.31. The third kappa shape index (κ3) is 4.11. The number of ketones is 1. The Labute approximate surface area is 208 Å². The third-order valence-corrected chi connectivity index (χ3v) is 7.19. The van der Waals surface area contributed by atoms with E-state index in [1.54, 1.807) is 4.68 Å². The van der Waals surface area contributed by atoms with Crippen LogP contribution in [0.4, 0.5) is 10.1 Å². The van der Waals surface area contributed by atoms with Crippen molar-refractivity contribution in [3.05, 3.63) is 76.6 Å². The Morgan fingerprint density at radius 1 is 1.17 bits per heavy atom. The number of halogens is 1. The van der Waals surface area contributed by atoms with Crippen LogP contribution in [0.25, 0.3) is 0 Å². The molecular weight excluding hydrogens is 461 g/mol. The Morgan fingerprint density at radius 2 is 2.00 bits per heavy atom. The van der Waals surface area contributed by atoms with Crippen LogP contribution in [0.5, 0.6) is 0 Å². The van der Waals surface area contributed by atoms with Gasteiger partial charge in [-0.15, -0.1) is 0 Å². The SMILES string of the molecule is O=C1CN=C2c3c(cc(F)cc31)NNC(c1ccc(CN3CCC3)cc1)C2c1ncnn1CCCO. The molecule has 3 aliphatic heterocycles. The molecule has 3 N–H and O–H groups in total. The van der Waals surface area contributed by atoms with Gasteiger partial charge in [-0.3, -0.25) is 14.7 Å². The molecule has 3 aliphatic rings. The second-order valence-electron chi connectivity index (χ2n) is 9.52. The molecule has 0 bridgehead atoms. The van der Waals surface area contributed by atoms with Crippen LogP contribution in [0, 0.1) is 5.82 Å². The predicted octanol–water partition coefficient (Wildman–Crippen LogP) is 2.45. The number of anilines is 1. The van der Waals surface area contributed by atoms with Crippen molar-refractivity contribution in [2.45, 2.75) is 37.9 Å². The fourth-order valence-corrected chi connectivity index (χ4v) is 5.26. The number of rotatable bonds is 7. The highest BCUT2D eigenvalue weighted by atomic mass is 19.1. The van der Waals surface area contributed by atoms with Gasteiger partial charge in [0.05, 0.1) is 23.4 Å². The molecule has 1 fully saturated rings. The Balaban J connectivity index is 1.45. The number of aliphatic hydroxyl groups is 1. The van der Waals surface area contributed by atoms with Crippen LogP contribution in [0.1, 0.15) is 57.7 Å². The molecule has 2 atom stereocenters. The first-order valence-electron chi connectivity index (χ1n) is 12.3. The predicted molar refractivity (Wildman–Crippen MR) is 132 cm³/mol. The molecule has 186 valence electrons. The van der Waals surface area contributed by atoms with Crippen molar-refractivity contribution >= 4 is 17.2 Å². The zero-order chi connectivity index (χ0) is 24.6. The number of carbonyl (C=O) groups excluding carboxylic acids is 1. The molecule has 2 aromatic carbocycles. The molecule has 1 aromatic heterocycles. The summed E-state index contributed by atoms with van der Waals surface area (Å²) in [5.41, 5.74) is 10.8.